The van der Waals surface area contributed by atoms with Crippen LogP contribution in [0.25, 0.3) is 0 Å². The summed E-state index contributed by atoms with van der Waals surface area (Å²) in [4.78, 5) is 69.0. The number of carbonyl (C=O) groups excluding carboxylic acids is 3. The van der Waals surface area contributed by atoms with Crippen molar-refractivity contribution in [3.63, 3.8) is 0 Å². The van der Waals surface area contributed by atoms with E-state index in [0.29, 0.717) is 24.9 Å². The van der Waals surface area contributed by atoms with Crippen molar-refractivity contribution in [3.8, 4) is 0 Å². The molecule has 0 aliphatic heterocycles. The molecule has 0 saturated carbocycles. The predicted molar refractivity (Wildman–Crippen MR) is 113 cm³/mol. The molecule has 0 bridgehead atoms. The predicted octanol–water partition coefficient (Wildman–Crippen LogP) is -0.0196. The molecule has 0 aliphatic carbocycles. The van der Waals surface area contributed by atoms with Crippen molar-refractivity contribution in [2.75, 3.05) is 6.54 Å². The van der Waals surface area contributed by atoms with Crippen LogP contribution in [0, 0.1) is 0 Å². The summed E-state index contributed by atoms with van der Waals surface area (Å²) >= 11 is 0. The Balaban J connectivity index is 2.39. The fourth-order valence-electron chi connectivity index (χ4n) is 2.73. The Hall–Kier alpha value is -3.96. The van der Waals surface area contributed by atoms with E-state index in [2.05, 4.69) is 16.0 Å². The van der Waals surface area contributed by atoms with E-state index in [-0.39, 0.29) is 18.7 Å². The Bertz CT molecular complexity index is 858. The summed E-state index contributed by atoms with van der Waals surface area (Å²) in [7, 11) is 0. The second kappa shape index (κ2) is 14.2. The van der Waals surface area contributed by atoms with Gasteiger partial charge in [-0.1, -0.05) is 18.2 Å². The molecule has 0 radical (unpaired) electrons. The first kappa shape index (κ1) is 27.1. The monoisotopic (exact) mass is 465 g/mol. The van der Waals surface area contributed by atoms with Crippen LogP contribution < -0.4 is 16.0 Å². The number of nitrogens with one attached hydrogen (secondary N) is 3. The van der Waals surface area contributed by atoms with Gasteiger partial charge in [0.15, 0.2) is 0 Å². The zero-order valence-electron chi connectivity index (χ0n) is 17.8. The highest BCUT2D eigenvalue weighted by molar-refractivity contribution is 5.94. The van der Waals surface area contributed by atoms with E-state index in [1.165, 1.54) is 0 Å². The third kappa shape index (κ3) is 11.3. The zero-order chi connectivity index (χ0) is 24.8. The Morgan fingerprint density at radius 1 is 0.758 bits per heavy atom. The zero-order valence-corrected chi connectivity index (χ0v) is 17.8. The van der Waals surface area contributed by atoms with Gasteiger partial charge in [-0.25, -0.2) is 9.59 Å². The first-order valence-electron chi connectivity index (χ1n) is 10.2. The summed E-state index contributed by atoms with van der Waals surface area (Å²) in [6, 6.07) is 5.50. The molecule has 0 spiro atoms. The van der Waals surface area contributed by atoms with E-state index in [1.807, 2.05) is 0 Å². The molecule has 12 nitrogen and oxygen atoms in total. The van der Waals surface area contributed by atoms with Crippen LogP contribution in [0.5, 0.6) is 0 Å². The van der Waals surface area contributed by atoms with Crippen molar-refractivity contribution >= 4 is 35.6 Å². The first-order chi connectivity index (χ1) is 15.6. The summed E-state index contributed by atoms with van der Waals surface area (Å²) in [6.45, 7) is 0.318. The molecule has 2 unspecified atom stereocenters. The lowest BCUT2D eigenvalue weighted by Gasteiger charge is -2.17. The Kier molecular flexibility index (Phi) is 11.6. The number of hydrogen-bond donors (Lipinski definition) is 6. The molecule has 3 amide bonds. The fourth-order valence-corrected chi connectivity index (χ4v) is 2.73. The third-order valence-electron chi connectivity index (χ3n) is 4.46. The Morgan fingerprint density at radius 3 is 1.94 bits per heavy atom. The standard InChI is InChI=1S/C21H27N3O9/c25-16(8-4-5-11-22-19(29)13-6-2-1-3-7-13)24-15(21(32)33)12-17(26)23-14(20(30)31)9-10-18(27)28/h1-3,6-7,14-15H,4-5,8-12H2,(H,22,29)(H,23,26)(H,24,25)(H,27,28)(H,30,31)(H,32,33). The van der Waals surface area contributed by atoms with Crippen molar-refractivity contribution in [2.45, 2.75) is 50.6 Å². The van der Waals surface area contributed by atoms with Crippen molar-refractivity contribution < 1.29 is 44.1 Å². The van der Waals surface area contributed by atoms with E-state index in [0.717, 1.165) is 0 Å². The maximum Gasteiger partial charge on any atom is 0.326 e. The molecule has 1 aromatic rings. The number of aliphatic carboxylic acids is 3. The average molecular weight is 465 g/mol. The van der Waals surface area contributed by atoms with E-state index in [9.17, 15) is 33.9 Å². The van der Waals surface area contributed by atoms with E-state index < -0.39 is 54.6 Å². The van der Waals surface area contributed by atoms with Crippen molar-refractivity contribution in [2.24, 2.45) is 0 Å². The van der Waals surface area contributed by atoms with Gasteiger partial charge in [0.2, 0.25) is 11.8 Å². The summed E-state index contributed by atoms with van der Waals surface area (Å²) in [5.41, 5.74) is 0.505. The fraction of sp³-hybridized carbons (Fsp3) is 0.429. The second-order valence-electron chi connectivity index (χ2n) is 7.13. The number of carbonyl (C=O) groups is 6. The summed E-state index contributed by atoms with van der Waals surface area (Å²) in [6.07, 6.45) is -0.804. The Labute approximate surface area is 189 Å². The smallest absolute Gasteiger partial charge is 0.326 e. The molecule has 0 aromatic heterocycles. The quantitative estimate of drug-likeness (QED) is 0.193. The largest absolute Gasteiger partial charge is 0.481 e. The summed E-state index contributed by atoms with van der Waals surface area (Å²) < 4.78 is 0. The third-order valence-corrected chi connectivity index (χ3v) is 4.46. The second-order valence-corrected chi connectivity index (χ2v) is 7.13. The van der Waals surface area contributed by atoms with Crippen molar-refractivity contribution in [1.29, 1.82) is 0 Å². The minimum Gasteiger partial charge on any atom is -0.481 e. The topological polar surface area (TPSA) is 199 Å². The summed E-state index contributed by atoms with van der Waals surface area (Å²) in [5.74, 6) is -6.01. The van der Waals surface area contributed by atoms with Crippen LogP contribution in [-0.4, -0.2) is 69.6 Å². The van der Waals surface area contributed by atoms with Crippen molar-refractivity contribution in [1.82, 2.24) is 16.0 Å². The van der Waals surface area contributed by atoms with Crippen LogP contribution >= 0.6 is 0 Å². The lowest BCUT2D eigenvalue weighted by atomic mass is 10.1. The van der Waals surface area contributed by atoms with Crippen LogP contribution in [-0.2, 0) is 24.0 Å². The molecule has 1 rings (SSSR count). The molecule has 180 valence electrons. The van der Waals surface area contributed by atoms with E-state index in [1.54, 1.807) is 30.3 Å². The average Bonchev–Trinajstić information content (AvgIpc) is 2.75. The molecule has 0 saturated heterocycles. The number of hydrogen-bond acceptors (Lipinski definition) is 6. The van der Waals surface area contributed by atoms with Crippen LogP contribution in [0.2, 0.25) is 0 Å². The molecule has 0 aliphatic rings. The Morgan fingerprint density at radius 2 is 1.36 bits per heavy atom. The number of amides is 3. The van der Waals surface area contributed by atoms with E-state index in [4.69, 9.17) is 10.2 Å². The van der Waals surface area contributed by atoms with Gasteiger partial charge in [0.25, 0.3) is 5.91 Å². The number of benzene rings is 1. The lowest BCUT2D eigenvalue weighted by molar-refractivity contribution is -0.145. The van der Waals surface area contributed by atoms with Gasteiger partial charge in [-0.05, 0) is 31.4 Å². The molecule has 0 fully saturated rings. The minimum atomic E-state index is -1.58. The number of carboxylic acids is 3. The SMILES string of the molecule is O=C(O)CCC(NC(=O)CC(NC(=O)CCCCNC(=O)c1ccccc1)C(=O)O)C(=O)O. The van der Waals surface area contributed by atoms with Gasteiger partial charge < -0.3 is 31.3 Å². The summed E-state index contributed by atoms with van der Waals surface area (Å²) in [5, 5.41) is 33.9. The maximum absolute atomic E-state index is 12.0. The van der Waals surface area contributed by atoms with Crippen LogP contribution in [0.1, 0.15) is 48.9 Å². The highest BCUT2D eigenvalue weighted by atomic mass is 16.4. The number of rotatable bonds is 15. The number of unbranched alkanes of at least 4 members (excludes halogenated alkanes) is 1. The molecule has 0 heterocycles. The lowest BCUT2D eigenvalue weighted by Crippen LogP contribution is -2.47. The van der Waals surface area contributed by atoms with Gasteiger partial charge >= 0.3 is 17.9 Å². The van der Waals surface area contributed by atoms with Gasteiger partial charge in [-0.15, -0.1) is 0 Å². The maximum atomic E-state index is 12.0. The minimum absolute atomic E-state index is 0.0387. The normalized spacial score (nSPS) is 12.1. The molecule has 2 atom stereocenters. The molecular weight excluding hydrogens is 438 g/mol. The number of carboxylic acid groups (broad SMARTS) is 3. The van der Waals surface area contributed by atoms with Gasteiger partial charge in [0.05, 0.1) is 6.42 Å². The van der Waals surface area contributed by atoms with Gasteiger partial charge in [0.1, 0.15) is 12.1 Å². The molecular formula is C21H27N3O9. The van der Waals surface area contributed by atoms with Gasteiger partial charge in [-0.3, -0.25) is 19.2 Å². The first-order valence-corrected chi connectivity index (χ1v) is 10.2. The van der Waals surface area contributed by atoms with Crippen molar-refractivity contribution in [3.05, 3.63) is 35.9 Å². The molecule has 1 aromatic carbocycles. The molecule has 6 N–H and O–H groups in total. The van der Waals surface area contributed by atoms with Gasteiger partial charge in [-0.2, -0.15) is 0 Å². The van der Waals surface area contributed by atoms with E-state index >= 15 is 0 Å². The van der Waals surface area contributed by atoms with Crippen LogP contribution in [0.15, 0.2) is 30.3 Å². The van der Waals surface area contributed by atoms with Crippen LogP contribution in [0.3, 0.4) is 0 Å². The highest BCUT2D eigenvalue weighted by Gasteiger charge is 2.26. The van der Waals surface area contributed by atoms with Gasteiger partial charge in [0, 0.05) is 24.9 Å². The molecule has 12 heteroatoms. The molecule has 33 heavy (non-hydrogen) atoms. The van der Waals surface area contributed by atoms with Crippen LogP contribution in [0.4, 0.5) is 0 Å². The highest BCUT2D eigenvalue weighted by Crippen LogP contribution is 2.03.